The van der Waals surface area contributed by atoms with Crippen LogP contribution >= 0.6 is 0 Å². The van der Waals surface area contributed by atoms with Crippen molar-refractivity contribution in [3.8, 4) is 0 Å². The van der Waals surface area contributed by atoms with E-state index in [1.807, 2.05) is 0 Å². The smallest absolute Gasteiger partial charge is 0.306 e. The van der Waals surface area contributed by atoms with E-state index in [1.54, 1.807) is 0 Å². The van der Waals surface area contributed by atoms with Gasteiger partial charge in [-0.1, -0.05) is 319 Å². The van der Waals surface area contributed by atoms with Gasteiger partial charge in [0, 0.05) is 19.3 Å². The van der Waals surface area contributed by atoms with Gasteiger partial charge in [0.15, 0.2) is 6.10 Å². The zero-order valence-electron chi connectivity index (χ0n) is 54.3. The van der Waals surface area contributed by atoms with E-state index in [9.17, 15) is 14.4 Å². The average Bonchev–Trinajstić information content (AvgIpc) is 3.46. The minimum Gasteiger partial charge on any atom is -0.462 e. The van der Waals surface area contributed by atoms with E-state index in [-0.39, 0.29) is 31.1 Å². The highest BCUT2D eigenvalue weighted by molar-refractivity contribution is 5.71. The summed E-state index contributed by atoms with van der Waals surface area (Å²) in [4.78, 5) is 38.3. The molecule has 0 spiro atoms. The van der Waals surface area contributed by atoms with E-state index in [4.69, 9.17) is 14.2 Å². The molecular formula is C75H136O6. The van der Waals surface area contributed by atoms with E-state index in [2.05, 4.69) is 81.5 Å². The molecule has 0 aliphatic rings. The Morgan fingerprint density at radius 1 is 0.247 bits per heavy atom. The van der Waals surface area contributed by atoms with Crippen molar-refractivity contribution in [1.29, 1.82) is 0 Å². The maximum absolute atomic E-state index is 12.9. The van der Waals surface area contributed by atoms with Crippen LogP contribution in [0.3, 0.4) is 0 Å². The number of carbonyl (C=O) groups is 3. The van der Waals surface area contributed by atoms with Gasteiger partial charge in [0.05, 0.1) is 0 Å². The highest BCUT2D eigenvalue weighted by Gasteiger charge is 2.19. The van der Waals surface area contributed by atoms with Crippen LogP contribution in [0.4, 0.5) is 0 Å². The largest absolute Gasteiger partial charge is 0.462 e. The Bertz CT molecular complexity index is 1440. The van der Waals surface area contributed by atoms with Gasteiger partial charge in [-0.05, 0) is 103 Å². The Hall–Kier alpha value is -2.89. The van der Waals surface area contributed by atoms with Gasteiger partial charge in [-0.15, -0.1) is 0 Å². The molecule has 0 aromatic carbocycles. The van der Waals surface area contributed by atoms with Crippen LogP contribution in [0.1, 0.15) is 380 Å². The minimum atomic E-state index is -0.783. The third-order valence-electron chi connectivity index (χ3n) is 15.9. The molecule has 0 N–H and O–H groups in total. The molecule has 0 aromatic rings. The lowest BCUT2D eigenvalue weighted by Crippen LogP contribution is -2.30. The van der Waals surface area contributed by atoms with Crippen molar-refractivity contribution < 1.29 is 28.6 Å². The highest BCUT2D eigenvalue weighted by Crippen LogP contribution is 2.18. The van der Waals surface area contributed by atoms with Crippen LogP contribution in [0.15, 0.2) is 60.8 Å². The van der Waals surface area contributed by atoms with Crippen LogP contribution in [0, 0.1) is 0 Å². The van der Waals surface area contributed by atoms with Crippen molar-refractivity contribution >= 4 is 17.9 Å². The molecule has 0 saturated carbocycles. The summed E-state index contributed by atoms with van der Waals surface area (Å²) >= 11 is 0. The van der Waals surface area contributed by atoms with E-state index in [1.165, 1.54) is 238 Å². The van der Waals surface area contributed by atoms with Crippen LogP contribution in [-0.2, 0) is 28.6 Å². The van der Waals surface area contributed by atoms with Gasteiger partial charge >= 0.3 is 17.9 Å². The van der Waals surface area contributed by atoms with Crippen molar-refractivity contribution in [3.05, 3.63) is 60.8 Å². The molecule has 6 heteroatoms. The van der Waals surface area contributed by atoms with Gasteiger partial charge in [-0.2, -0.15) is 0 Å². The molecule has 0 amide bonds. The lowest BCUT2D eigenvalue weighted by molar-refractivity contribution is -0.167. The Labute approximate surface area is 504 Å². The first-order valence-corrected chi connectivity index (χ1v) is 35.8. The molecule has 0 aliphatic heterocycles. The zero-order chi connectivity index (χ0) is 58.5. The molecule has 0 bridgehead atoms. The summed E-state index contributed by atoms with van der Waals surface area (Å²) in [6, 6.07) is 0. The third kappa shape index (κ3) is 67.8. The van der Waals surface area contributed by atoms with Gasteiger partial charge in [0.25, 0.3) is 0 Å². The monoisotopic (exact) mass is 1130 g/mol. The number of esters is 3. The Balaban J connectivity index is 4.07. The number of hydrogen-bond acceptors (Lipinski definition) is 6. The molecule has 0 heterocycles. The minimum absolute atomic E-state index is 0.0781. The lowest BCUT2D eigenvalue weighted by Gasteiger charge is -2.18. The quantitative estimate of drug-likeness (QED) is 0.0261. The second-order valence-electron chi connectivity index (χ2n) is 24.1. The summed E-state index contributed by atoms with van der Waals surface area (Å²) in [5, 5.41) is 0. The number of rotatable bonds is 66. The van der Waals surface area contributed by atoms with Crippen molar-refractivity contribution in [3.63, 3.8) is 0 Å². The molecule has 6 nitrogen and oxygen atoms in total. The molecule has 0 saturated heterocycles. The van der Waals surface area contributed by atoms with Gasteiger partial charge in [0.2, 0.25) is 0 Å². The maximum Gasteiger partial charge on any atom is 0.306 e. The van der Waals surface area contributed by atoms with Gasteiger partial charge < -0.3 is 14.2 Å². The second kappa shape index (κ2) is 69.6. The fraction of sp³-hybridized carbons (Fsp3) is 0.827. The summed E-state index contributed by atoms with van der Waals surface area (Å²) in [6.07, 6.45) is 89.9. The molecule has 0 rings (SSSR count). The first-order valence-electron chi connectivity index (χ1n) is 35.8. The van der Waals surface area contributed by atoms with Gasteiger partial charge in [-0.25, -0.2) is 0 Å². The first kappa shape index (κ1) is 78.1. The Morgan fingerprint density at radius 3 is 0.741 bits per heavy atom. The molecule has 0 aliphatic carbocycles. The zero-order valence-corrected chi connectivity index (χ0v) is 54.3. The maximum atomic E-state index is 12.9. The van der Waals surface area contributed by atoms with E-state index in [0.29, 0.717) is 19.3 Å². The number of unbranched alkanes of at least 4 members (excludes halogenated alkanes) is 45. The van der Waals surface area contributed by atoms with E-state index in [0.717, 1.165) is 103 Å². The molecule has 0 fully saturated rings. The molecular weight excluding hydrogens is 997 g/mol. The summed E-state index contributed by atoms with van der Waals surface area (Å²) in [5.41, 5.74) is 0. The first-order chi connectivity index (χ1) is 40.0. The highest BCUT2D eigenvalue weighted by atomic mass is 16.6. The van der Waals surface area contributed by atoms with Crippen LogP contribution in [0.5, 0.6) is 0 Å². The van der Waals surface area contributed by atoms with Crippen LogP contribution in [0.25, 0.3) is 0 Å². The summed E-state index contributed by atoms with van der Waals surface area (Å²) in [5.74, 6) is -0.881. The topological polar surface area (TPSA) is 78.9 Å². The summed E-state index contributed by atoms with van der Waals surface area (Å²) in [7, 11) is 0. The predicted octanol–water partition coefficient (Wildman–Crippen LogP) is 24.7. The number of allylic oxidation sites excluding steroid dienone is 10. The summed E-state index contributed by atoms with van der Waals surface area (Å²) < 4.78 is 16.9. The molecule has 1 atom stereocenters. The predicted molar refractivity (Wildman–Crippen MR) is 353 cm³/mol. The fourth-order valence-corrected chi connectivity index (χ4v) is 10.6. The van der Waals surface area contributed by atoms with E-state index < -0.39 is 6.10 Å². The lowest BCUT2D eigenvalue weighted by atomic mass is 10.0. The summed E-state index contributed by atoms with van der Waals surface area (Å²) in [6.45, 7) is 6.59. The van der Waals surface area contributed by atoms with Crippen molar-refractivity contribution in [2.75, 3.05) is 13.2 Å². The van der Waals surface area contributed by atoms with Crippen LogP contribution < -0.4 is 0 Å². The van der Waals surface area contributed by atoms with Gasteiger partial charge in [0.1, 0.15) is 13.2 Å². The van der Waals surface area contributed by atoms with Crippen LogP contribution in [0.2, 0.25) is 0 Å². The second-order valence-corrected chi connectivity index (χ2v) is 24.1. The number of carbonyl (C=O) groups excluding carboxylic acids is 3. The Morgan fingerprint density at radius 2 is 0.469 bits per heavy atom. The normalized spacial score (nSPS) is 12.4. The van der Waals surface area contributed by atoms with Crippen molar-refractivity contribution in [2.45, 2.75) is 386 Å². The molecule has 81 heavy (non-hydrogen) atoms. The number of hydrogen-bond donors (Lipinski definition) is 0. The van der Waals surface area contributed by atoms with Crippen molar-refractivity contribution in [1.82, 2.24) is 0 Å². The van der Waals surface area contributed by atoms with Crippen LogP contribution in [-0.4, -0.2) is 37.2 Å². The Kier molecular flexibility index (Phi) is 67.1. The molecule has 1 unspecified atom stereocenters. The SMILES string of the molecule is CCC/C=C\C/C=C\CCCCCCCC(=O)OCC(COC(=O)CCCCCCCCCCCCCCCCCCCCCCCCC/C=C\C/C=C\CCCCCCC)OC(=O)CCCCCCC/C=C\CCCCCCCC. The molecule has 0 aromatic heterocycles. The van der Waals surface area contributed by atoms with Gasteiger partial charge in [-0.3, -0.25) is 14.4 Å². The third-order valence-corrected chi connectivity index (χ3v) is 15.9. The van der Waals surface area contributed by atoms with E-state index >= 15 is 0 Å². The van der Waals surface area contributed by atoms with Crippen molar-refractivity contribution in [2.24, 2.45) is 0 Å². The average molecular weight is 1130 g/mol. The fourth-order valence-electron chi connectivity index (χ4n) is 10.6. The molecule has 0 radical (unpaired) electrons. The number of ether oxygens (including phenoxy) is 3. The standard InChI is InChI=1S/C75H136O6/c1-4-7-10-13-16-19-22-25-27-28-29-30-31-32-33-34-35-36-37-38-39-40-41-42-43-44-45-46-48-50-53-56-59-62-65-68-74(77)80-71-72(70-79-73(76)67-64-61-58-55-52-49-24-21-18-15-12-9-6-3)81-75(78)69-66-63-60-57-54-51-47-26-23-20-17-14-11-8-5-2/h12,15,21-22,24-26,28-29,47,72H,4-11,13-14,16-20,23,27,30-46,48-71H2,1-3H3/b15-12-,24-21-,25-22-,29-28-,47-26-. The molecule has 472 valence electrons.